The molecule has 0 fully saturated rings. The molecule has 0 bridgehead atoms. The van der Waals surface area contributed by atoms with E-state index in [2.05, 4.69) is 23.1 Å². The van der Waals surface area contributed by atoms with Crippen LogP contribution < -0.4 is 5.73 Å². The van der Waals surface area contributed by atoms with Gasteiger partial charge in [0.2, 0.25) is 0 Å². The van der Waals surface area contributed by atoms with Crippen molar-refractivity contribution in [2.45, 2.75) is 38.5 Å². The van der Waals surface area contributed by atoms with Crippen molar-refractivity contribution in [1.29, 1.82) is 0 Å². The molecule has 2 N–H and O–H groups in total. The molecule has 0 radical (unpaired) electrons. The second-order valence-corrected chi connectivity index (χ2v) is 4.59. The number of aromatic nitrogens is 2. The Hall–Kier alpha value is -0.610. The van der Waals surface area contributed by atoms with Crippen molar-refractivity contribution < 1.29 is 0 Å². The molecule has 1 atom stereocenters. The molecule has 1 aromatic heterocycles. The van der Waals surface area contributed by atoms with Crippen LogP contribution >= 0.6 is 11.8 Å². The summed E-state index contributed by atoms with van der Waals surface area (Å²) in [6.07, 6.45) is 3.89. The van der Waals surface area contributed by atoms with E-state index in [1.54, 1.807) is 11.8 Å². The third-order valence-electron chi connectivity index (χ3n) is 2.22. The van der Waals surface area contributed by atoms with E-state index in [4.69, 9.17) is 5.73 Å². The Kier molecular flexibility index (Phi) is 5.05. The standard InChI is InChI=1S/C11H19N3S/c1-4-9(12)6-10-5-8(2)13-11(14-10)7-15-3/h5,9H,4,6-7,12H2,1-3H3. The van der Waals surface area contributed by atoms with Crippen molar-refractivity contribution >= 4 is 11.8 Å². The van der Waals surface area contributed by atoms with Crippen LogP contribution in [0.3, 0.4) is 0 Å². The van der Waals surface area contributed by atoms with Gasteiger partial charge in [-0.2, -0.15) is 11.8 Å². The highest BCUT2D eigenvalue weighted by molar-refractivity contribution is 7.97. The lowest BCUT2D eigenvalue weighted by Crippen LogP contribution is -2.22. The molecule has 0 aliphatic rings. The summed E-state index contributed by atoms with van der Waals surface area (Å²) in [5.41, 5.74) is 8.02. The Balaban J connectivity index is 2.78. The van der Waals surface area contributed by atoms with Crippen LogP contribution in [0.4, 0.5) is 0 Å². The minimum absolute atomic E-state index is 0.210. The average Bonchev–Trinajstić information content (AvgIpc) is 2.17. The maximum Gasteiger partial charge on any atom is 0.138 e. The Bertz CT molecular complexity index is 315. The van der Waals surface area contributed by atoms with E-state index in [1.165, 1.54) is 0 Å². The summed E-state index contributed by atoms with van der Waals surface area (Å²) in [6.45, 7) is 4.11. The van der Waals surface area contributed by atoms with Crippen molar-refractivity contribution in [3.8, 4) is 0 Å². The van der Waals surface area contributed by atoms with Gasteiger partial charge >= 0.3 is 0 Å². The van der Waals surface area contributed by atoms with Gasteiger partial charge in [0.25, 0.3) is 0 Å². The molecule has 1 rings (SSSR count). The summed E-state index contributed by atoms with van der Waals surface area (Å²) < 4.78 is 0. The predicted octanol–water partition coefficient (Wildman–Crippen LogP) is 1.93. The van der Waals surface area contributed by atoms with Crippen LogP contribution in [0, 0.1) is 6.92 Å². The number of nitrogens with zero attached hydrogens (tertiary/aromatic N) is 2. The lowest BCUT2D eigenvalue weighted by Gasteiger charge is -2.09. The zero-order valence-electron chi connectivity index (χ0n) is 9.66. The molecule has 1 unspecified atom stereocenters. The number of hydrogen-bond acceptors (Lipinski definition) is 4. The molecule has 15 heavy (non-hydrogen) atoms. The van der Waals surface area contributed by atoms with Gasteiger partial charge in [-0.1, -0.05) is 6.92 Å². The molecule has 4 heteroatoms. The second kappa shape index (κ2) is 6.08. The highest BCUT2D eigenvalue weighted by Gasteiger charge is 2.05. The van der Waals surface area contributed by atoms with E-state index in [0.717, 1.165) is 35.8 Å². The summed E-state index contributed by atoms with van der Waals surface area (Å²) in [5.74, 6) is 1.79. The SMILES string of the molecule is CCC(N)Cc1cc(C)nc(CSC)n1. The van der Waals surface area contributed by atoms with Gasteiger partial charge in [-0.25, -0.2) is 9.97 Å². The summed E-state index contributed by atoms with van der Waals surface area (Å²) >= 11 is 1.74. The van der Waals surface area contributed by atoms with Crippen LogP contribution in [0.1, 0.15) is 30.6 Å². The van der Waals surface area contributed by atoms with Gasteiger partial charge in [-0.3, -0.25) is 0 Å². The zero-order valence-corrected chi connectivity index (χ0v) is 10.5. The molecule has 0 aromatic carbocycles. The Morgan fingerprint density at radius 2 is 2.20 bits per heavy atom. The fourth-order valence-corrected chi connectivity index (χ4v) is 1.80. The fraction of sp³-hybridized carbons (Fsp3) is 0.636. The lowest BCUT2D eigenvalue weighted by atomic mass is 10.1. The molecular formula is C11H19N3S. The maximum atomic E-state index is 5.91. The summed E-state index contributed by atoms with van der Waals surface area (Å²) in [6, 6.07) is 2.24. The molecule has 0 aliphatic carbocycles. The molecule has 0 spiro atoms. The molecular weight excluding hydrogens is 206 g/mol. The molecule has 0 amide bonds. The molecule has 1 heterocycles. The van der Waals surface area contributed by atoms with Crippen LogP contribution in [0.15, 0.2) is 6.07 Å². The first-order chi connectivity index (χ1) is 7.15. The van der Waals surface area contributed by atoms with Gasteiger partial charge in [-0.05, 0) is 25.7 Å². The summed E-state index contributed by atoms with van der Waals surface area (Å²) in [7, 11) is 0. The highest BCUT2D eigenvalue weighted by Crippen LogP contribution is 2.08. The number of thioether (sulfide) groups is 1. The van der Waals surface area contributed by atoms with E-state index in [0.29, 0.717) is 0 Å². The Morgan fingerprint density at radius 1 is 1.47 bits per heavy atom. The number of hydrogen-bond donors (Lipinski definition) is 1. The first-order valence-electron chi connectivity index (χ1n) is 5.23. The van der Waals surface area contributed by atoms with E-state index in [1.807, 2.05) is 13.0 Å². The monoisotopic (exact) mass is 225 g/mol. The molecule has 84 valence electrons. The van der Waals surface area contributed by atoms with Gasteiger partial charge in [-0.15, -0.1) is 0 Å². The summed E-state index contributed by atoms with van der Waals surface area (Å²) in [5, 5.41) is 0. The van der Waals surface area contributed by atoms with E-state index in [9.17, 15) is 0 Å². The van der Waals surface area contributed by atoms with Crippen molar-refractivity contribution in [2.24, 2.45) is 5.73 Å². The lowest BCUT2D eigenvalue weighted by molar-refractivity contribution is 0.633. The van der Waals surface area contributed by atoms with Crippen LogP contribution in [0.25, 0.3) is 0 Å². The van der Waals surface area contributed by atoms with E-state index >= 15 is 0 Å². The first-order valence-corrected chi connectivity index (χ1v) is 6.63. The predicted molar refractivity (Wildman–Crippen MR) is 66.0 cm³/mol. The highest BCUT2D eigenvalue weighted by atomic mass is 32.2. The van der Waals surface area contributed by atoms with Gasteiger partial charge in [0, 0.05) is 23.9 Å². The number of aryl methyl sites for hydroxylation is 1. The van der Waals surface area contributed by atoms with Gasteiger partial charge < -0.3 is 5.73 Å². The number of nitrogens with two attached hydrogens (primary N) is 1. The minimum Gasteiger partial charge on any atom is -0.327 e. The molecule has 0 saturated heterocycles. The van der Waals surface area contributed by atoms with Crippen LogP contribution in [-0.4, -0.2) is 22.3 Å². The van der Waals surface area contributed by atoms with Crippen LogP contribution in [0.2, 0.25) is 0 Å². The number of rotatable bonds is 5. The third-order valence-corrected chi connectivity index (χ3v) is 2.77. The Labute approximate surface area is 95.9 Å². The van der Waals surface area contributed by atoms with Crippen LogP contribution in [0.5, 0.6) is 0 Å². The smallest absolute Gasteiger partial charge is 0.138 e. The topological polar surface area (TPSA) is 51.8 Å². The van der Waals surface area contributed by atoms with Crippen molar-refractivity contribution in [1.82, 2.24) is 9.97 Å². The maximum absolute atomic E-state index is 5.91. The van der Waals surface area contributed by atoms with Crippen LogP contribution in [-0.2, 0) is 12.2 Å². The molecule has 1 aromatic rings. The van der Waals surface area contributed by atoms with Gasteiger partial charge in [0.1, 0.15) is 5.82 Å². The minimum atomic E-state index is 0.210. The quantitative estimate of drug-likeness (QED) is 0.832. The van der Waals surface area contributed by atoms with Gasteiger partial charge in [0.15, 0.2) is 0 Å². The zero-order chi connectivity index (χ0) is 11.3. The fourth-order valence-electron chi connectivity index (χ4n) is 1.41. The van der Waals surface area contributed by atoms with Crippen molar-refractivity contribution in [3.63, 3.8) is 0 Å². The third kappa shape index (κ3) is 4.18. The van der Waals surface area contributed by atoms with E-state index < -0.39 is 0 Å². The average molecular weight is 225 g/mol. The summed E-state index contributed by atoms with van der Waals surface area (Å²) in [4.78, 5) is 8.88. The molecule has 0 aliphatic heterocycles. The van der Waals surface area contributed by atoms with Gasteiger partial charge in [0.05, 0.1) is 5.75 Å². The normalized spacial score (nSPS) is 12.8. The van der Waals surface area contributed by atoms with Crippen molar-refractivity contribution in [3.05, 3.63) is 23.3 Å². The van der Waals surface area contributed by atoms with Crippen molar-refractivity contribution in [2.75, 3.05) is 6.26 Å². The first kappa shape index (κ1) is 12.5. The van der Waals surface area contributed by atoms with E-state index in [-0.39, 0.29) is 6.04 Å². The molecule has 3 nitrogen and oxygen atoms in total. The Morgan fingerprint density at radius 3 is 2.80 bits per heavy atom. The molecule has 0 saturated carbocycles. The largest absolute Gasteiger partial charge is 0.327 e. The second-order valence-electron chi connectivity index (χ2n) is 3.72.